The fourth-order valence-electron chi connectivity index (χ4n) is 4.05. The number of ether oxygens (including phenoxy) is 1. The number of methoxy groups -OCH3 is 1. The molecule has 1 saturated carbocycles. The van der Waals surface area contributed by atoms with Crippen LogP contribution in [-0.4, -0.2) is 61.3 Å². The van der Waals surface area contributed by atoms with E-state index in [9.17, 15) is 14.7 Å². The molecule has 1 aliphatic heterocycles. The van der Waals surface area contributed by atoms with Crippen LogP contribution in [0.25, 0.3) is 0 Å². The van der Waals surface area contributed by atoms with Crippen molar-refractivity contribution in [3.8, 4) is 0 Å². The van der Waals surface area contributed by atoms with Gasteiger partial charge in [-0.05, 0) is 38.6 Å². The molecule has 0 aromatic rings. The smallest absolute Gasteiger partial charge is 0.311 e. The maximum Gasteiger partial charge on any atom is 0.311 e. The average molecular weight is 340 g/mol. The molecule has 0 radical (unpaired) electrons. The third-order valence-electron chi connectivity index (χ3n) is 5.48. The maximum atomic E-state index is 12.4. The fraction of sp³-hybridized carbons (Fsp3) is 0.889. The Bertz CT molecular complexity index is 421. The molecule has 1 amide bonds. The summed E-state index contributed by atoms with van der Waals surface area (Å²) in [5.41, 5.74) is -0.781. The lowest BCUT2D eigenvalue weighted by molar-refractivity contribution is -0.154. The summed E-state index contributed by atoms with van der Waals surface area (Å²) >= 11 is 0. The van der Waals surface area contributed by atoms with E-state index in [1.165, 1.54) is 25.7 Å². The second kappa shape index (κ2) is 9.37. The number of carboxylic acids is 1. The van der Waals surface area contributed by atoms with Gasteiger partial charge >= 0.3 is 5.97 Å². The number of nitrogens with zero attached hydrogens (tertiary/aromatic N) is 1. The monoisotopic (exact) mass is 340 g/mol. The number of carbonyl (C=O) groups excluding carboxylic acids is 1. The molecule has 0 aromatic carbocycles. The van der Waals surface area contributed by atoms with Crippen molar-refractivity contribution in [3.63, 3.8) is 0 Å². The maximum absolute atomic E-state index is 12.4. The van der Waals surface area contributed by atoms with E-state index in [4.69, 9.17) is 4.74 Å². The van der Waals surface area contributed by atoms with Crippen LogP contribution in [0.4, 0.5) is 0 Å². The molecule has 2 aliphatic rings. The molecule has 1 unspecified atom stereocenters. The van der Waals surface area contributed by atoms with Gasteiger partial charge in [-0.25, -0.2) is 0 Å². The van der Waals surface area contributed by atoms with E-state index in [1.807, 2.05) is 4.90 Å². The highest BCUT2D eigenvalue weighted by atomic mass is 16.5. The van der Waals surface area contributed by atoms with E-state index in [2.05, 4.69) is 5.32 Å². The van der Waals surface area contributed by atoms with Crippen molar-refractivity contribution in [1.29, 1.82) is 0 Å². The summed E-state index contributed by atoms with van der Waals surface area (Å²) in [6, 6.07) is 0.294. The molecule has 24 heavy (non-hydrogen) atoms. The normalized spacial score (nSPS) is 26.7. The number of likely N-dealkylation sites (tertiary alicyclic amines) is 1. The minimum atomic E-state index is -0.781. The van der Waals surface area contributed by atoms with Crippen molar-refractivity contribution in [3.05, 3.63) is 0 Å². The minimum Gasteiger partial charge on any atom is -0.481 e. The number of rotatable bonds is 7. The third-order valence-corrected chi connectivity index (χ3v) is 5.48. The first-order chi connectivity index (χ1) is 11.6. The average Bonchev–Trinajstić information content (AvgIpc) is 2.81. The summed E-state index contributed by atoms with van der Waals surface area (Å²) in [5.74, 6) is -0.733. The van der Waals surface area contributed by atoms with Crippen molar-refractivity contribution in [1.82, 2.24) is 10.2 Å². The van der Waals surface area contributed by atoms with Gasteiger partial charge in [0.1, 0.15) is 0 Å². The van der Waals surface area contributed by atoms with E-state index in [0.29, 0.717) is 38.6 Å². The molecule has 0 aromatic heterocycles. The van der Waals surface area contributed by atoms with Crippen LogP contribution in [-0.2, 0) is 14.3 Å². The van der Waals surface area contributed by atoms with Crippen molar-refractivity contribution in [2.45, 2.75) is 63.8 Å². The van der Waals surface area contributed by atoms with Gasteiger partial charge < -0.3 is 15.2 Å². The van der Waals surface area contributed by atoms with Gasteiger partial charge in [0.15, 0.2) is 0 Å². The van der Waals surface area contributed by atoms with Crippen LogP contribution in [0.2, 0.25) is 0 Å². The Morgan fingerprint density at radius 2 is 1.92 bits per heavy atom. The first-order valence-corrected chi connectivity index (χ1v) is 9.30. The molecule has 1 aliphatic carbocycles. The molecule has 2 fully saturated rings. The van der Waals surface area contributed by atoms with Gasteiger partial charge in [0.05, 0.1) is 12.0 Å². The molecule has 0 spiro atoms. The fourth-order valence-corrected chi connectivity index (χ4v) is 4.05. The first-order valence-electron chi connectivity index (χ1n) is 9.30. The number of carbonyl (C=O) groups is 2. The van der Waals surface area contributed by atoms with E-state index in [-0.39, 0.29) is 5.91 Å². The lowest BCUT2D eigenvalue weighted by Crippen LogP contribution is -2.51. The van der Waals surface area contributed by atoms with Crippen LogP contribution in [0.3, 0.4) is 0 Å². The van der Waals surface area contributed by atoms with Gasteiger partial charge in [0.25, 0.3) is 0 Å². The molecule has 6 nitrogen and oxygen atoms in total. The molecular formula is C18H32N2O4. The highest BCUT2D eigenvalue weighted by Crippen LogP contribution is 2.33. The van der Waals surface area contributed by atoms with E-state index >= 15 is 0 Å². The molecule has 0 bridgehead atoms. The van der Waals surface area contributed by atoms with Crippen molar-refractivity contribution in [2.75, 3.05) is 33.4 Å². The molecule has 2 rings (SSSR count). The molecule has 1 atom stereocenters. The summed E-state index contributed by atoms with van der Waals surface area (Å²) in [6.07, 6.45) is 9.01. The lowest BCUT2D eigenvalue weighted by atomic mass is 9.77. The van der Waals surface area contributed by atoms with Gasteiger partial charge in [-0.15, -0.1) is 0 Å². The third kappa shape index (κ3) is 5.45. The molecule has 138 valence electrons. The number of piperidine rings is 1. The van der Waals surface area contributed by atoms with Crippen LogP contribution < -0.4 is 5.32 Å². The number of carboxylic acid groups (broad SMARTS) is 1. The Balaban J connectivity index is 1.86. The zero-order chi connectivity index (χ0) is 17.4. The van der Waals surface area contributed by atoms with E-state index < -0.39 is 11.4 Å². The summed E-state index contributed by atoms with van der Waals surface area (Å²) in [7, 11) is 1.59. The van der Waals surface area contributed by atoms with E-state index in [1.54, 1.807) is 7.11 Å². The quantitative estimate of drug-likeness (QED) is 0.693. The number of hydrogen-bond donors (Lipinski definition) is 2. The summed E-state index contributed by atoms with van der Waals surface area (Å²) in [5, 5.41) is 12.8. The van der Waals surface area contributed by atoms with Crippen LogP contribution in [0.15, 0.2) is 0 Å². The van der Waals surface area contributed by atoms with Crippen molar-refractivity contribution in [2.24, 2.45) is 5.41 Å². The number of hydrogen-bond acceptors (Lipinski definition) is 4. The van der Waals surface area contributed by atoms with Gasteiger partial charge in [-0.2, -0.15) is 0 Å². The van der Waals surface area contributed by atoms with Crippen molar-refractivity contribution >= 4 is 11.9 Å². The highest BCUT2D eigenvalue weighted by Gasteiger charge is 2.42. The minimum absolute atomic E-state index is 0.0369. The van der Waals surface area contributed by atoms with Gasteiger partial charge in [-0.3, -0.25) is 14.5 Å². The lowest BCUT2D eigenvalue weighted by Gasteiger charge is -2.39. The predicted octanol–water partition coefficient (Wildman–Crippen LogP) is 2.03. The SMILES string of the molecule is COCCC1(C(=O)O)CCCN(CC(=O)NC2CCCCCC2)C1. The topological polar surface area (TPSA) is 78.9 Å². The van der Waals surface area contributed by atoms with Gasteiger partial charge in [0.2, 0.25) is 5.91 Å². The van der Waals surface area contributed by atoms with E-state index in [0.717, 1.165) is 25.8 Å². The Morgan fingerprint density at radius 1 is 1.21 bits per heavy atom. The predicted molar refractivity (Wildman–Crippen MR) is 91.9 cm³/mol. The van der Waals surface area contributed by atoms with Crippen LogP contribution in [0.1, 0.15) is 57.8 Å². The molecule has 2 N–H and O–H groups in total. The standard InChI is InChI=1S/C18H32N2O4/c1-24-12-10-18(17(22)23)9-6-11-20(14-18)13-16(21)19-15-7-4-2-3-5-8-15/h15H,2-14H2,1H3,(H,19,21)(H,22,23). The summed E-state index contributed by atoms with van der Waals surface area (Å²) < 4.78 is 5.09. The summed E-state index contributed by atoms with van der Waals surface area (Å²) in [6.45, 7) is 1.97. The molecule has 1 saturated heterocycles. The number of amides is 1. The van der Waals surface area contributed by atoms with Gasteiger partial charge in [0, 0.05) is 26.3 Å². The molecule has 6 heteroatoms. The zero-order valence-corrected chi connectivity index (χ0v) is 14.9. The Labute approximate surface area is 144 Å². The molecular weight excluding hydrogens is 308 g/mol. The number of aliphatic carboxylic acids is 1. The van der Waals surface area contributed by atoms with Gasteiger partial charge in [-0.1, -0.05) is 25.7 Å². The molecule has 1 heterocycles. The largest absolute Gasteiger partial charge is 0.481 e. The van der Waals surface area contributed by atoms with Crippen LogP contribution >= 0.6 is 0 Å². The van der Waals surface area contributed by atoms with Crippen molar-refractivity contribution < 1.29 is 19.4 Å². The second-order valence-electron chi connectivity index (χ2n) is 7.40. The number of nitrogens with one attached hydrogen (secondary N) is 1. The van der Waals surface area contributed by atoms with Crippen LogP contribution in [0, 0.1) is 5.41 Å². The Morgan fingerprint density at radius 3 is 2.54 bits per heavy atom. The van der Waals surface area contributed by atoms with Crippen LogP contribution in [0.5, 0.6) is 0 Å². The highest BCUT2D eigenvalue weighted by molar-refractivity contribution is 5.79. The summed E-state index contributed by atoms with van der Waals surface area (Å²) in [4.78, 5) is 26.1. The first kappa shape index (κ1) is 19.2. The Hall–Kier alpha value is -1.14. The second-order valence-corrected chi connectivity index (χ2v) is 7.40. The Kier molecular flexibility index (Phi) is 7.49. The zero-order valence-electron chi connectivity index (χ0n) is 14.9.